The monoisotopic (exact) mass is 279 g/mol. The van der Waals surface area contributed by atoms with Gasteiger partial charge >= 0.3 is 5.63 Å². The van der Waals surface area contributed by atoms with Crippen LogP contribution in [0.4, 0.5) is 0 Å². The molecular formula is C13H13NO4S. The fraction of sp³-hybridized carbons (Fsp3) is 0.308. The lowest BCUT2D eigenvalue weighted by Crippen LogP contribution is -2.27. The molecular weight excluding hydrogens is 266 g/mol. The van der Waals surface area contributed by atoms with Crippen molar-refractivity contribution in [2.45, 2.75) is 17.7 Å². The van der Waals surface area contributed by atoms with Crippen molar-refractivity contribution < 1.29 is 12.8 Å². The van der Waals surface area contributed by atoms with Gasteiger partial charge in [-0.2, -0.15) is 4.31 Å². The van der Waals surface area contributed by atoms with Gasteiger partial charge in [0.05, 0.1) is 4.90 Å². The molecule has 19 heavy (non-hydrogen) atoms. The maximum atomic E-state index is 12.4. The first kappa shape index (κ1) is 12.4. The highest BCUT2D eigenvalue weighted by Gasteiger charge is 2.27. The summed E-state index contributed by atoms with van der Waals surface area (Å²) in [6, 6.07) is 7.42. The van der Waals surface area contributed by atoms with Gasteiger partial charge in [-0.25, -0.2) is 13.2 Å². The Kier molecular flexibility index (Phi) is 2.91. The van der Waals surface area contributed by atoms with E-state index >= 15 is 0 Å². The van der Waals surface area contributed by atoms with Gasteiger partial charge in [-0.05, 0) is 37.1 Å². The van der Waals surface area contributed by atoms with Crippen molar-refractivity contribution in [1.82, 2.24) is 4.31 Å². The molecule has 6 heteroatoms. The second kappa shape index (κ2) is 4.47. The first-order valence-corrected chi connectivity index (χ1v) is 7.55. The van der Waals surface area contributed by atoms with Gasteiger partial charge in [0.2, 0.25) is 10.0 Å². The minimum atomic E-state index is -3.43. The van der Waals surface area contributed by atoms with Crippen molar-refractivity contribution in [2.24, 2.45) is 0 Å². The molecule has 100 valence electrons. The smallest absolute Gasteiger partial charge is 0.336 e. The molecule has 1 aliphatic heterocycles. The molecule has 1 aromatic heterocycles. The molecule has 1 aromatic carbocycles. The van der Waals surface area contributed by atoms with Gasteiger partial charge in [-0.3, -0.25) is 0 Å². The number of benzene rings is 1. The normalized spacial score (nSPS) is 17.1. The lowest BCUT2D eigenvalue weighted by molar-refractivity contribution is 0.477. The molecule has 0 amide bonds. The van der Waals surface area contributed by atoms with Crippen LogP contribution < -0.4 is 5.63 Å². The van der Waals surface area contributed by atoms with Crippen LogP contribution in [0, 0.1) is 0 Å². The molecule has 0 radical (unpaired) electrons. The van der Waals surface area contributed by atoms with E-state index in [0.717, 1.165) is 12.8 Å². The summed E-state index contributed by atoms with van der Waals surface area (Å²) < 4.78 is 31.2. The molecule has 0 saturated carbocycles. The second-order valence-electron chi connectivity index (χ2n) is 4.57. The zero-order chi connectivity index (χ0) is 13.5. The second-order valence-corrected chi connectivity index (χ2v) is 6.50. The number of rotatable bonds is 2. The van der Waals surface area contributed by atoms with Gasteiger partial charge < -0.3 is 4.42 Å². The average Bonchev–Trinajstić information content (AvgIpc) is 2.92. The van der Waals surface area contributed by atoms with E-state index < -0.39 is 15.6 Å². The molecule has 3 rings (SSSR count). The van der Waals surface area contributed by atoms with Crippen molar-refractivity contribution in [3.05, 3.63) is 40.8 Å². The Morgan fingerprint density at radius 2 is 1.79 bits per heavy atom. The highest BCUT2D eigenvalue weighted by molar-refractivity contribution is 7.89. The first-order chi connectivity index (χ1) is 9.07. The summed E-state index contributed by atoms with van der Waals surface area (Å²) in [5.74, 6) is 0. The number of sulfonamides is 1. The largest absolute Gasteiger partial charge is 0.423 e. The van der Waals surface area contributed by atoms with Crippen molar-refractivity contribution >= 4 is 21.0 Å². The number of hydrogen-bond donors (Lipinski definition) is 0. The Labute approximate surface area is 110 Å². The molecule has 1 fully saturated rings. The van der Waals surface area contributed by atoms with Crippen LogP contribution in [0.5, 0.6) is 0 Å². The SMILES string of the molecule is O=c1ccc2cc(S(=O)(=O)N3CCCC3)ccc2o1. The van der Waals surface area contributed by atoms with E-state index in [0.29, 0.717) is 24.1 Å². The molecule has 0 aliphatic carbocycles. The van der Waals surface area contributed by atoms with Crippen LogP contribution in [0.3, 0.4) is 0 Å². The molecule has 2 heterocycles. The molecule has 0 N–H and O–H groups in total. The van der Waals surface area contributed by atoms with E-state index in [1.807, 2.05) is 0 Å². The average molecular weight is 279 g/mol. The van der Waals surface area contributed by atoms with E-state index in [-0.39, 0.29) is 4.90 Å². The van der Waals surface area contributed by atoms with Gasteiger partial charge in [-0.1, -0.05) is 0 Å². The van der Waals surface area contributed by atoms with Crippen molar-refractivity contribution in [1.29, 1.82) is 0 Å². The third-order valence-corrected chi connectivity index (χ3v) is 5.19. The molecule has 0 atom stereocenters. The molecule has 1 aliphatic rings. The van der Waals surface area contributed by atoms with Crippen LogP contribution in [0.15, 0.2) is 44.4 Å². The van der Waals surface area contributed by atoms with Crippen LogP contribution >= 0.6 is 0 Å². The predicted octanol–water partition coefficient (Wildman–Crippen LogP) is 1.58. The third kappa shape index (κ3) is 2.17. The molecule has 2 aromatic rings. The van der Waals surface area contributed by atoms with Crippen LogP contribution in [0.2, 0.25) is 0 Å². The van der Waals surface area contributed by atoms with Crippen LogP contribution in [-0.2, 0) is 10.0 Å². The minimum Gasteiger partial charge on any atom is -0.423 e. The van der Waals surface area contributed by atoms with Gasteiger partial charge in [0.15, 0.2) is 0 Å². The first-order valence-electron chi connectivity index (χ1n) is 6.11. The van der Waals surface area contributed by atoms with E-state index in [1.165, 1.54) is 22.5 Å². The van der Waals surface area contributed by atoms with E-state index in [1.54, 1.807) is 12.1 Å². The summed E-state index contributed by atoms with van der Waals surface area (Å²) in [5, 5.41) is 0.611. The zero-order valence-corrected chi connectivity index (χ0v) is 11.0. The van der Waals surface area contributed by atoms with Crippen LogP contribution in [-0.4, -0.2) is 25.8 Å². The number of nitrogens with zero attached hydrogens (tertiary/aromatic N) is 1. The Balaban J connectivity index is 2.10. The Morgan fingerprint density at radius 3 is 2.53 bits per heavy atom. The quantitative estimate of drug-likeness (QED) is 0.783. The fourth-order valence-electron chi connectivity index (χ4n) is 2.29. The Hall–Kier alpha value is -1.66. The maximum absolute atomic E-state index is 12.4. The van der Waals surface area contributed by atoms with Gasteiger partial charge in [0.25, 0.3) is 0 Å². The number of hydrogen-bond acceptors (Lipinski definition) is 4. The molecule has 1 saturated heterocycles. The summed E-state index contributed by atoms with van der Waals surface area (Å²) >= 11 is 0. The van der Waals surface area contributed by atoms with Crippen molar-refractivity contribution in [3.63, 3.8) is 0 Å². The van der Waals surface area contributed by atoms with Gasteiger partial charge in [0.1, 0.15) is 5.58 Å². The fourth-order valence-corrected chi connectivity index (χ4v) is 3.84. The summed E-state index contributed by atoms with van der Waals surface area (Å²) in [4.78, 5) is 11.3. The molecule has 0 bridgehead atoms. The van der Waals surface area contributed by atoms with E-state index in [4.69, 9.17) is 4.42 Å². The summed E-state index contributed by atoms with van der Waals surface area (Å²) in [5.41, 5.74) is -0.0458. The standard InChI is InChI=1S/C13H13NO4S/c15-13-6-3-10-9-11(4-5-12(10)18-13)19(16,17)14-7-1-2-8-14/h3-6,9H,1-2,7-8H2. The minimum absolute atomic E-state index is 0.246. The number of fused-ring (bicyclic) bond motifs is 1. The molecule has 0 spiro atoms. The van der Waals surface area contributed by atoms with Crippen molar-refractivity contribution in [2.75, 3.05) is 13.1 Å². The molecule has 5 nitrogen and oxygen atoms in total. The van der Waals surface area contributed by atoms with Crippen LogP contribution in [0.25, 0.3) is 11.0 Å². The summed E-state index contributed by atoms with van der Waals surface area (Å²) in [7, 11) is -3.43. The van der Waals surface area contributed by atoms with E-state index in [2.05, 4.69) is 0 Å². The lowest BCUT2D eigenvalue weighted by atomic mass is 10.2. The zero-order valence-electron chi connectivity index (χ0n) is 10.2. The Morgan fingerprint density at radius 1 is 1.05 bits per heavy atom. The van der Waals surface area contributed by atoms with Crippen LogP contribution in [0.1, 0.15) is 12.8 Å². The lowest BCUT2D eigenvalue weighted by Gasteiger charge is -2.15. The third-order valence-electron chi connectivity index (χ3n) is 3.29. The van der Waals surface area contributed by atoms with Gasteiger partial charge in [-0.15, -0.1) is 0 Å². The van der Waals surface area contributed by atoms with Gasteiger partial charge in [0, 0.05) is 24.5 Å². The predicted molar refractivity (Wildman–Crippen MR) is 70.5 cm³/mol. The summed E-state index contributed by atoms with van der Waals surface area (Å²) in [6.07, 6.45) is 1.81. The topological polar surface area (TPSA) is 67.6 Å². The molecule has 0 unspecified atom stereocenters. The van der Waals surface area contributed by atoms with Crippen molar-refractivity contribution in [3.8, 4) is 0 Å². The van der Waals surface area contributed by atoms with E-state index in [9.17, 15) is 13.2 Å². The highest BCUT2D eigenvalue weighted by atomic mass is 32.2. The maximum Gasteiger partial charge on any atom is 0.336 e. The summed E-state index contributed by atoms with van der Waals surface area (Å²) in [6.45, 7) is 1.15. The highest BCUT2D eigenvalue weighted by Crippen LogP contribution is 2.23. The Bertz CT molecular complexity index is 773.